The van der Waals surface area contributed by atoms with Crippen LogP contribution in [0.5, 0.6) is 17.2 Å². The normalized spacial score (nSPS) is 32.2. The van der Waals surface area contributed by atoms with Crippen molar-refractivity contribution in [3.63, 3.8) is 0 Å². The van der Waals surface area contributed by atoms with E-state index in [2.05, 4.69) is 6.92 Å². The van der Waals surface area contributed by atoms with Gasteiger partial charge in [0.25, 0.3) is 0 Å². The van der Waals surface area contributed by atoms with Gasteiger partial charge in [-0.25, -0.2) is 0 Å². The predicted molar refractivity (Wildman–Crippen MR) is 133 cm³/mol. The second-order valence-corrected chi connectivity index (χ2v) is 12.4. The summed E-state index contributed by atoms with van der Waals surface area (Å²) in [7, 11) is 0. The van der Waals surface area contributed by atoms with Crippen LogP contribution in [0.3, 0.4) is 0 Å². The van der Waals surface area contributed by atoms with E-state index in [1.165, 1.54) is 0 Å². The topological polar surface area (TPSA) is 135 Å². The van der Waals surface area contributed by atoms with E-state index in [4.69, 9.17) is 0 Å². The van der Waals surface area contributed by atoms with Crippen LogP contribution in [0.1, 0.15) is 112 Å². The highest BCUT2D eigenvalue weighted by Gasteiger charge is 2.58. The monoisotopic (exact) mass is 490 g/mol. The minimum absolute atomic E-state index is 0.0353. The summed E-state index contributed by atoms with van der Waals surface area (Å²) in [6.07, 6.45) is 4.53. The molecule has 0 radical (unpaired) electrons. The standard InChI is InChI=1S/C28H42O7/c1-15(2)11-17(22-24(32)18(13-29)23(31)19(14-30)25(22)33)20-8-10-28(6,35)21-12-16(26(3,4)34)7-9-27(20,21)5/h13-17,20-21,31-35H,7-12H2,1-6H3/t16-,17-,20+,21+,27+,28+/m0/s1. The highest BCUT2D eigenvalue weighted by Crippen LogP contribution is 2.64. The van der Waals surface area contributed by atoms with E-state index in [0.717, 1.165) is 12.8 Å². The molecule has 1 aromatic rings. The van der Waals surface area contributed by atoms with Crippen molar-refractivity contribution < 1.29 is 35.1 Å². The number of benzene rings is 1. The lowest BCUT2D eigenvalue weighted by Crippen LogP contribution is -2.57. The van der Waals surface area contributed by atoms with Gasteiger partial charge in [0.2, 0.25) is 0 Å². The molecule has 35 heavy (non-hydrogen) atoms. The fourth-order valence-corrected chi connectivity index (χ4v) is 7.33. The van der Waals surface area contributed by atoms with E-state index in [-0.39, 0.29) is 34.7 Å². The Hall–Kier alpha value is -2.12. The summed E-state index contributed by atoms with van der Waals surface area (Å²) in [5.41, 5.74) is -2.85. The maximum Gasteiger partial charge on any atom is 0.157 e. The van der Waals surface area contributed by atoms with Gasteiger partial charge >= 0.3 is 0 Å². The van der Waals surface area contributed by atoms with Gasteiger partial charge in [-0.1, -0.05) is 20.8 Å². The molecule has 1 aromatic carbocycles. The fourth-order valence-electron chi connectivity index (χ4n) is 7.33. The highest BCUT2D eigenvalue weighted by atomic mass is 16.3. The molecule has 0 saturated heterocycles. The fraction of sp³-hybridized carbons (Fsp3) is 0.714. The predicted octanol–water partition coefficient (Wildman–Crippen LogP) is 4.91. The molecular weight excluding hydrogens is 448 g/mol. The van der Waals surface area contributed by atoms with E-state index in [0.29, 0.717) is 38.3 Å². The first-order chi connectivity index (χ1) is 16.1. The van der Waals surface area contributed by atoms with Crippen LogP contribution in [0.25, 0.3) is 0 Å². The molecule has 2 aliphatic carbocycles. The first kappa shape index (κ1) is 27.5. The number of carbonyl (C=O) groups is 2. The quantitative estimate of drug-likeness (QED) is 0.343. The van der Waals surface area contributed by atoms with Crippen molar-refractivity contribution in [3.8, 4) is 17.2 Å². The molecule has 7 heteroatoms. The van der Waals surface area contributed by atoms with Crippen molar-refractivity contribution in [2.45, 2.75) is 97.2 Å². The third kappa shape index (κ3) is 4.69. The first-order valence-corrected chi connectivity index (χ1v) is 12.8. The molecule has 0 aliphatic heterocycles. The number of carbonyl (C=O) groups excluding carboxylic acids is 2. The Balaban J connectivity index is 2.20. The number of phenolic OH excluding ortho intramolecular Hbond substituents is 3. The molecule has 7 nitrogen and oxygen atoms in total. The molecule has 3 rings (SSSR count). The Morgan fingerprint density at radius 1 is 0.971 bits per heavy atom. The summed E-state index contributed by atoms with van der Waals surface area (Å²) >= 11 is 0. The Morgan fingerprint density at radius 3 is 1.97 bits per heavy atom. The molecule has 6 atom stereocenters. The largest absolute Gasteiger partial charge is 0.507 e. The van der Waals surface area contributed by atoms with E-state index >= 15 is 0 Å². The van der Waals surface area contributed by atoms with Crippen LogP contribution in [-0.4, -0.2) is 49.3 Å². The SMILES string of the molecule is CC(C)C[C@H](c1c(O)c(C=O)c(O)c(C=O)c1O)[C@H]1CC[C@@](C)(O)[C@@H]2C[C@@H](C(C)(C)O)CC[C@]12C. The van der Waals surface area contributed by atoms with E-state index in [9.17, 15) is 35.1 Å². The average Bonchev–Trinajstić information content (AvgIpc) is 2.72. The molecule has 2 saturated carbocycles. The number of hydrogen-bond acceptors (Lipinski definition) is 7. The molecule has 5 N–H and O–H groups in total. The third-order valence-corrected chi connectivity index (χ3v) is 9.25. The third-order valence-electron chi connectivity index (χ3n) is 9.25. The van der Waals surface area contributed by atoms with Crippen LogP contribution in [0.4, 0.5) is 0 Å². The number of rotatable bonds is 7. The smallest absolute Gasteiger partial charge is 0.157 e. The number of fused-ring (bicyclic) bond motifs is 1. The summed E-state index contributed by atoms with van der Waals surface area (Å²) in [5, 5.41) is 54.7. The zero-order valence-electron chi connectivity index (χ0n) is 21.8. The van der Waals surface area contributed by atoms with Gasteiger partial charge < -0.3 is 25.5 Å². The molecule has 0 bridgehead atoms. The van der Waals surface area contributed by atoms with Gasteiger partial charge in [-0.2, -0.15) is 0 Å². The average molecular weight is 491 g/mol. The molecule has 0 heterocycles. The Labute approximate surface area is 208 Å². The molecule has 2 fully saturated rings. The van der Waals surface area contributed by atoms with Crippen molar-refractivity contribution >= 4 is 12.6 Å². The van der Waals surface area contributed by atoms with Crippen LogP contribution in [0.2, 0.25) is 0 Å². The number of hydrogen-bond donors (Lipinski definition) is 5. The van der Waals surface area contributed by atoms with E-state index in [1.54, 1.807) is 0 Å². The summed E-state index contributed by atoms with van der Waals surface area (Å²) < 4.78 is 0. The molecule has 0 unspecified atom stereocenters. The van der Waals surface area contributed by atoms with Crippen molar-refractivity contribution in [1.82, 2.24) is 0 Å². The second-order valence-electron chi connectivity index (χ2n) is 12.4. The maximum atomic E-state index is 11.7. The number of aromatic hydroxyl groups is 3. The lowest BCUT2D eigenvalue weighted by atomic mass is 9.46. The second kappa shape index (κ2) is 9.40. The zero-order valence-corrected chi connectivity index (χ0v) is 21.8. The van der Waals surface area contributed by atoms with Gasteiger partial charge in [0.1, 0.15) is 17.2 Å². The summed E-state index contributed by atoms with van der Waals surface area (Å²) in [6.45, 7) is 11.7. The van der Waals surface area contributed by atoms with Crippen molar-refractivity contribution in [1.29, 1.82) is 0 Å². The molecule has 0 spiro atoms. The highest BCUT2D eigenvalue weighted by molar-refractivity contribution is 5.95. The lowest BCUT2D eigenvalue weighted by Gasteiger charge is -2.60. The lowest BCUT2D eigenvalue weighted by molar-refractivity contribution is -0.171. The minimum Gasteiger partial charge on any atom is -0.507 e. The maximum absolute atomic E-state index is 11.7. The van der Waals surface area contributed by atoms with Gasteiger partial charge in [0, 0.05) is 5.56 Å². The Kier molecular flexibility index (Phi) is 7.37. The summed E-state index contributed by atoms with van der Waals surface area (Å²) in [5.74, 6) is -2.10. The van der Waals surface area contributed by atoms with Gasteiger partial charge in [0.15, 0.2) is 12.6 Å². The van der Waals surface area contributed by atoms with Crippen LogP contribution in [0, 0.1) is 29.1 Å². The zero-order chi connectivity index (χ0) is 26.5. The molecule has 0 amide bonds. The first-order valence-electron chi connectivity index (χ1n) is 12.8. The van der Waals surface area contributed by atoms with Crippen LogP contribution in [0.15, 0.2) is 0 Å². The van der Waals surface area contributed by atoms with Crippen molar-refractivity contribution in [2.75, 3.05) is 0 Å². The van der Waals surface area contributed by atoms with E-state index in [1.807, 2.05) is 34.6 Å². The van der Waals surface area contributed by atoms with Crippen molar-refractivity contribution in [2.24, 2.45) is 29.1 Å². The van der Waals surface area contributed by atoms with Gasteiger partial charge in [-0.15, -0.1) is 0 Å². The van der Waals surface area contributed by atoms with Crippen molar-refractivity contribution in [3.05, 3.63) is 16.7 Å². The Bertz CT molecular complexity index is 939. The van der Waals surface area contributed by atoms with Gasteiger partial charge in [-0.3, -0.25) is 9.59 Å². The minimum atomic E-state index is -0.932. The van der Waals surface area contributed by atoms with Crippen LogP contribution >= 0.6 is 0 Å². The molecule has 196 valence electrons. The number of aliphatic hydroxyl groups is 2. The van der Waals surface area contributed by atoms with E-state index < -0.39 is 45.5 Å². The summed E-state index contributed by atoms with van der Waals surface area (Å²) in [4.78, 5) is 23.5. The molecule has 2 aliphatic rings. The number of aldehydes is 2. The molecule has 0 aromatic heterocycles. The van der Waals surface area contributed by atoms with Crippen LogP contribution in [-0.2, 0) is 0 Å². The van der Waals surface area contributed by atoms with Gasteiger partial charge in [0.05, 0.1) is 22.3 Å². The van der Waals surface area contributed by atoms with Gasteiger partial charge in [-0.05, 0) is 94.3 Å². The summed E-state index contributed by atoms with van der Waals surface area (Å²) in [6, 6.07) is 0. The van der Waals surface area contributed by atoms with Crippen LogP contribution < -0.4 is 0 Å². The Morgan fingerprint density at radius 2 is 1.51 bits per heavy atom. The number of phenols is 3. The molecular formula is C28H42O7.